The fourth-order valence-electron chi connectivity index (χ4n) is 3.18. The van der Waals surface area contributed by atoms with Crippen LogP contribution in [0.5, 0.6) is 5.75 Å². The lowest BCUT2D eigenvalue weighted by Gasteiger charge is -2.13. The van der Waals surface area contributed by atoms with Gasteiger partial charge in [0.2, 0.25) is 0 Å². The van der Waals surface area contributed by atoms with Crippen LogP contribution in [0, 0.1) is 11.3 Å². The lowest BCUT2D eigenvalue weighted by Crippen LogP contribution is -2.19. The van der Waals surface area contributed by atoms with Crippen molar-refractivity contribution in [3.8, 4) is 11.8 Å². The van der Waals surface area contributed by atoms with Crippen molar-refractivity contribution in [1.29, 1.82) is 5.26 Å². The van der Waals surface area contributed by atoms with Crippen molar-refractivity contribution in [3.05, 3.63) is 65.0 Å². The molecule has 2 aromatic heterocycles. The fourth-order valence-corrected chi connectivity index (χ4v) is 4.17. The van der Waals surface area contributed by atoms with Crippen LogP contribution >= 0.6 is 11.8 Å². The normalized spacial score (nSPS) is 15.8. The Balaban J connectivity index is 1.44. The van der Waals surface area contributed by atoms with Gasteiger partial charge < -0.3 is 14.1 Å². The highest BCUT2D eigenvalue weighted by atomic mass is 32.2. The topological polar surface area (TPSA) is 74.7 Å². The van der Waals surface area contributed by atoms with Crippen molar-refractivity contribution in [3.63, 3.8) is 0 Å². The highest BCUT2D eigenvalue weighted by molar-refractivity contribution is 8.18. The first-order chi connectivity index (χ1) is 13.3. The van der Waals surface area contributed by atoms with Crippen molar-refractivity contribution >= 4 is 33.6 Å². The number of aliphatic imine (C=N–C) groups is 1. The van der Waals surface area contributed by atoms with Gasteiger partial charge in [0.05, 0.1) is 6.54 Å². The fraction of sp³-hybridized carbons (Fsp3) is 0.150. The number of thioether (sulfide) groups is 1. The number of nitrogens with zero attached hydrogens (tertiary/aromatic N) is 4. The number of fused-ring (bicyclic) bond motifs is 2. The third kappa shape index (κ3) is 2.84. The van der Waals surface area contributed by atoms with Gasteiger partial charge in [-0.3, -0.25) is 9.98 Å². The van der Waals surface area contributed by atoms with E-state index in [9.17, 15) is 5.26 Å². The minimum Gasteiger partial charge on any atom is -0.489 e. The highest BCUT2D eigenvalue weighted by Gasteiger charge is 2.35. The maximum atomic E-state index is 9.47. The summed E-state index contributed by atoms with van der Waals surface area (Å²) in [6.07, 6.45) is 3.53. The van der Waals surface area contributed by atoms with Crippen LogP contribution in [0.15, 0.2) is 63.1 Å². The molecule has 2 aliphatic rings. The largest absolute Gasteiger partial charge is 0.489 e. The van der Waals surface area contributed by atoms with E-state index in [4.69, 9.17) is 9.15 Å². The molecule has 0 unspecified atom stereocenters. The summed E-state index contributed by atoms with van der Waals surface area (Å²) < 4.78 is 11.9. The molecule has 0 atom stereocenters. The van der Waals surface area contributed by atoms with Crippen LogP contribution in [-0.2, 0) is 6.61 Å². The molecule has 0 saturated heterocycles. The standard InChI is InChI=1S/C20H14N4O2S/c21-10-18-19(24-7-6-23-20(24)27-18)17-9-14-8-15(3-4-16(14)26-17)25-12-13-2-1-5-22-11-13/h1-5,8-9,11H,6-7,12H2. The van der Waals surface area contributed by atoms with Gasteiger partial charge >= 0.3 is 0 Å². The van der Waals surface area contributed by atoms with Gasteiger partial charge in [-0.25, -0.2) is 0 Å². The monoisotopic (exact) mass is 374 g/mol. The lowest BCUT2D eigenvalue weighted by molar-refractivity contribution is 0.306. The van der Waals surface area contributed by atoms with Crippen LogP contribution in [0.1, 0.15) is 11.3 Å². The average Bonchev–Trinajstić information content (AvgIpc) is 3.40. The maximum absolute atomic E-state index is 9.47. The Labute approximate surface area is 159 Å². The van der Waals surface area contributed by atoms with E-state index in [1.165, 1.54) is 11.8 Å². The minimum absolute atomic E-state index is 0.456. The van der Waals surface area contributed by atoms with E-state index in [1.54, 1.807) is 12.4 Å². The van der Waals surface area contributed by atoms with Crippen LogP contribution in [0.3, 0.4) is 0 Å². The van der Waals surface area contributed by atoms with Gasteiger partial charge in [0.15, 0.2) is 10.9 Å². The van der Waals surface area contributed by atoms with E-state index >= 15 is 0 Å². The molecule has 2 aliphatic heterocycles. The van der Waals surface area contributed by atoms with Crippen LogP contribution in [0.4, 0.5) is 0 Å². The summed E-state index contributed by atoms with van der Waals surface area (Å²) in [6, 6.07) is 13.8. The SMILES string of the molecule is N#CC1=C(c2cc3cc(OCc4cccnc4)ccc3o2)N2CCN=C2S1. The lowest BCUT2D eigenvalue weighted by atomic mass is 10.2. The van der Waals surface area contributed by atoms with E-state index in [-0.39, 0.29) is 0 Å². The molecule has 0 fully saturated rings. The molecule has 6 nitrogen and oxygen atoms in total. The summed E-state index contributed by atoms with van der Waals surface area (Å²) in [5, 5.41) is 11.3. The van der Waals surface area contributed by atoms with E-state index < -0.39 is 0 Å². The third-order valence-corrected chi connectivity index (χ3v) is 5.45. The average molecular weight is 374 g/mol. The second-order valence-corrected chi connectivity index (χ2v) is 7.15. The number of rotatable bonds is 4. The first-order valence-corrected chi connectivity index (χ1v) is 9.33. The van der Waals surface area contributed by atoms with Gasteiger partial charge in [-0.15, -0.1) is 0 Å². The Kier molecular flexibility index (Phi) is 3.84. The summed E-state index contributed by atoms with van der Waals surface area (Å²) in [5.41, 5.74) is 2.59. The molecule has 0 N–H and O–H groups in total. The number of hydrogen-bond donors (Lipinski definition) is 0. The minimum atomic E-state index is 0.456. The molecule has 3 aromatic rings. The third-order valence-electron chi connectivity index (χ3n) is 4.43. The van der Waals surface area contributed by atoms with Gasteiger partial charge in [0, 0.05) is 29.9 Å². The molecule has 0 bridgehead atoms. The van der Waals surface area contributed by atoms with Crippen LogP contribution in [-0.4, -0.2) is 28.1 Å². The number of aromatic nitrogens is 1. The zero-order valence-electron chi connectivity index (χ0n) is 14.3. The molecule has 0 aliphatic carbocycles. The van der Waals surface area contributed by atoms with Crippen molar-refractivity contribution in [1.82, 2.24) is 9.88 Å². The zero-order valence-corrected chi connectivity index (χ0v) is 15.1. The molecule has 5 rings (SSSR count). The molecule has 4 heterocycles. The second-order valence-electron chi connectivity index (χ2n) is 6.17. The molecule has 0 amide bonds. The van der Waals surface area contributed by atoms with Crippen LogP contribution in [0.2, 0.25) is 0 Å². The Morgan fingerprint density at radius 3 is 3.11 bits per heavy atom. The molecule has 27 heavy (non-hydrogen) atoms. The Hall–Kier alpha value is -3.24. The molecule has 7 heteroatoms. The second kappa shape index (κ2) is 6.49. The smallest absolute Gasteiger partial charge is 0.169 e. The summed E-state index contributed by atoms with van der Waals surface area (Å²) in [5.74, 6) is 1.45. The molecule has 132 valence electrons. The van der Waals surface area contributed by atoms with Gasteiger partial charge in [-0.05, 0) is 42.1 Å². The predicted octanol–water partition coefficient (Wildman–Crippen LogP) is 4.02. The summed E-state index contributed by atoms with van der Waals surface area (Å²) in [7, 11) is 0. The molecule has 1 aromatic carbocycles. The number of hydrogen-bond acceptors (Lipinski definition) is 7. The van der Waals surface area contributed by atoms with Crippen molar-refractivity contribution < 1.29 is 9.15 Å². The first kappa shape index (κ1) is 16.0. The van der Waals surface area contributed by atoms with Crippen molar-refractivity contribution in [2.24, 2.45) is 4.99 Å². The number of ether oxygens (including phenoxy) is 1. The Morgan fingerprint density at radius 1 is 1.30 bits per heavy atom. The molecule has 0 radical (unpaired) electrons. The maximum Gasteiger partial charge on any atom is 0.169 e. The number of amidine groups is 1. The zero-order chi connectivity index (χ0) is 18.2. The number of furan rings is 1. The number of allylic oxidation sites excluding steroid dienone is 1. The van der Waals surface area contributed by atoms with Gasteiger partial charge in [0.25, 0.3) is 0 Å². The van der Waals surface area contributed by atoms with E-state index in [0.717, 1.165) is 46.2 Å². The summed E-state index contributed by atoms with van der Waals surface area (Å²) >= 11 is 1.41. The quantitative estimate of drug-likeness (QED) is 0.687. The predicted molar refractivity (Wildman–Crippen MR) is 104 cm³/mol. The van der Waals surface area contributed by atoms with Gasteiger partial charge in [0.1, 0.15) is 34.6 Å². The van der Waals surface area contributed by atoms with Crippen molar-refractivity contribution in [2.45, 2.75) is 6.61 Å². The molecular weight excluding hydrogens is 360 g/mol. The van der Waals surface area contributed by atoms with Crippen molar-refractivity contribution in [2.75, 3.05) is 13.1 Å². The summed E-state index contributed by atoms with van der Waals surface area (Å²) in [4.78, 5) is 11.2. The number of pyridine rings is 1. The first-order valence-electron chi connectivity index (χ1n) is 8.52. The highest BCUT2D eigenvalue weighted by Crippen LogP contribution is 2.42. The number of nitriles is 1. The molecule has 0 spiro atoms. The van der Waals surface area contributed by atoms with Crippen LogP contribution in [0.25, 0.3) is 16.7 Å². The summed E-state index contributed by atoms with van der Waals surface area (Å²) in [6.45, 7) is 1.98. The van der Waals surface area contributed by atoms with Gasteiger partial charge in [-0.1, -0.05) is 6.07 Å². The van der Waals surface area contributed by atoms with E-state index in [1.807, 2.05) is 36.4 Å². The molecular formula is C20H14N4O2S. The van der Waals surface area contributed by atoms with Gasteiger partial charge in [-0.2, -0.15) is 5.26 Å². The Morgan fingerprint density at radius 2 is 2.26 bits per heavy atom. The van der Waals surface area contributed by atoms with Crippen LogP contribution < -0.4 is 4.74 Å². The number of benzene rings is 1. The molecule has 0 saturated carbocycles. The Bertz CT molecular complexity index is 1130. The van der Waals surface area contributed by atoms with E-state index in [2.05, 4.69) is 20.9 Å². The van der Waals surface area contributed by atoms with E-state index in [0.29, 0.717) is 17.3 Å².